The minimum atomic E-state index is -1.08. The number of aliphatic carboxylic acids is 1. The van der Waals surface area contributed by atoms with Crippen LogP contribution in [0.5, 0.6) is 0 Å². The predicted octanol–water partition coefficient (Wildman–Crippen LogP) is 0.994. The maximum absolute atomic E-state index is 12.1. The molecule has 20 heavy (non-hydrogen) atoms. The van der Waals surface area contributed by atoms with Gasteiger partial charge in [-0.3, -0.25) is 9.59 Å². The third-order valence-electron chi connectivity index (χ3n) is 2.49. The van der Waals surface area contributed by atoms with Crippen LogP contribution in [0.1, 0.15) is 0 Å². The molecule has 2 N–H and O–H groups in total. The lowest BCUT2D eigenvalue weighted by Crippen LogP contribution is -2.41. The van der Waals surface area contributed by atoms with Crippen LogP contribution >= 0.6 is 11.6 Å². The zero-order valence-electron chi connectivity index (χ0n) is 11.1. The van der Waals surface area contributed by atoms with Crippen LogP contribution in [-0.4, -0.2) is 50.3 Å². The monoisotopic (exact) mass is 300 g/mol. The molecule has 0 spiro atoms. The molecule has 1 aromatic carbocycles. The summed E-state index contributed by atoms with van der Waals surface area (Å²) in [5, 5.41) is 12.3. The number of carboxylic acid groups (broad SMARTS) is 1. The summed E-state index contributed by atoms with van der Waals surface area (Å²) in [5.41, 5.74) is 0.496. The molecule has 110 valence electrons. The maximum Gasteiger partial charge on any atom is 0.323 e. The third-order valence-corrected chi connectivity index (χ3v) is 2.74. The summed E-state index contributed by atoms with van der Waals surface area (Å²) in [6.45, 7) is 0.641. The van der Waals surface area contributed by atoms with Crippen molar-refractivity contribution in [1.82, 2.24) is 5.32 Å². The second kappa shape index (κ2) is 8.52. The lowest BCUT2D eigenvalue weighted by molar-refractivity contribution is -0.136. The van der Waals surface area contributed by atoms with Gasteiger partial charge in [0.05, 0.1) is 13.2 Å². The van der Waals surface area contributed by atoms with E-state index in [1.54, 1.807) is 31.4 Å². The highest BCUT2D eigenvalue weighted by atomic mass is 35.5. The second-order valence-electron chi connectivity index (χ2n) is 4.02. The van der Waals surface area contributed by atoms with E-state index in [1.165, 1.54) is 4.90 Å². The van der Waals surface area contributed by atoms with Crippen molar-refractivity contribution in [2.75, 3.05) is 38.3 Å². The Balaban J connectivity index is 2.70. The van der Waals surface area contributed by atoms with Gasteiger partial charge in [-0.25, -0.2) is 0 Å². The minimum absolute atomic E-state index is 0.0409. The Morgan fingerprint density at radius 3 is 2.55 bits per heavy atom. The Kier molecular flexibility index (Phi) is 7.00. The summed E-state index contributed by atoms with van der Waals surface area (Å²) in [6, 6.07) is 6.44. The smallest absolute Gasteiger partial charge is 0.323 e. The molecule has 1 amide bonds. The van der Waals surface area contributed by atoms with Gasteiger partial charge in [0.25, 0.3) is 0 Å². The molecule has 0 unspecified atom stereocenters. The number of ether oxygens (including phenoxy) is 1. The number of nitrogens with zero attached hydrogens (tertiary/aromatic N) is 1. The topological polar surface area (TPSA) is 78.9 Å². The van der Waals surface area contributed by atoms with E-state index in [9.17, 15) is 9.59 Å². The Hall–Kier alpha value is -1.63. The highest BCUT2D eigenvalue weighted by Gasteiger charge is 2.18. The minimum Gasteiger partial charge on any atom is -0.480 e. The van der Waals surface area contributed by atoms with Gasteiger partial charge in [0, 0.05) is 24.4 Å². The van der Waals surface area contributed by atoms with E-state index >= 15 is 0 Å². The van der Waals surface area contributed by atoms with Crippen molar-refractivity contribution >= 4 is 29.2 Å². The van der Waals surface area contributed by atoms with Crippen molar-refractivity contribution in [3.8, 4) is 0 Å². The van der Waals surface area contributed by atoms with E-state index in [1.807, 2.05) is 0 Å². The summed E-state index contributed by atoms with van der Waals surface area (Å²) in [5.74, 6) is -1.41. The zero-order valence-corrected chi connectivity index (χ0v) is 11.9. The summed E-state index contributed by atoms with van der Waals surface area (Å²) in [6.07, 6.45) is 0. The molecule has 0 aliphatic rings. The van der Waals surface area contributed by atoms with Crippen LogP contribution < -0.4 is 10.2 Å². The van der Waals surface area contributed by atoms with Crippen molar-refractivity contribution in [2.45, 2.75) is 0 Å². The van der Waals surface area contributed by atoms with Gasteiger partial charge in [-0.05, 0) is 24.3 Å². The van der Waals surface area contributed by atoms with Crippen LogP contribution in [-0.2, 0) is 14.3 Å². The number of carboxylic acids is 1. The second-order valence-corrected chi connectivity index (χ2v) is 4.46. The van der Waals surface area contributed by atoms with Gasteiger partial charge in [-0.1, -0.05) is 11.6 Å². The molecule has 0 aliphatic carbocycles. The molecule has 0 saturated heterocycles. The zero-order chi connectivity index (χ0) is 15.0. The Labute approximate surface area is 122 Å². The van der Waals surface area contributed by atoms with Crippen molar-refractivity contribution < 1.29 is 19.4 Å². The van der Waals surface area contributed by atoms with Crippen molar-refractivity contribution in [1.29, 1.82) is 0 Å². The molecule has 6 nitrogen and oxygen atoms in total. The van der Waals surface area contributed by atoms with Gasteiger partial charge < -0.3 is 20.1 Å². The summed E-state index contributed by atoms with van der Waals surface area (Å²) in [7, 11) is 1.56. The molecule has 0 fully saturated rings. The van der Waals surface area contributed by atoms with E-state index in [0.29, 0.717) is 23.9 Å². The first kappa shape index (κ1) is 16.4. The average Bonchev–Trinajstić information content (AvgIpc) is 2.42. The standard InChI is InChI=1S/C13H17ClN2O4/c1-20-7-6-15-8-12(17)16(9-13(18)19)11-4-2-10(14)3-5-11/h2-5,15H,6-9H2,1H3,(H,18,19). The Bertz CT molecular complexity index is 450. The normalized spacial score (nSPS) is 10.3. The molecule has 1 aromatic rings. The summed E-state index contributed by atoms with van der Waals surface area (Å²) < 4.78 is 4.85. The molecule has 7 heteroatoms. The lowest BCUT2D eigenvalue weighted by Gasteiger charge is -2.21. The molecule has 0 atom stereocenters. The van der Waals surface area contributed by atoms with Gasteiger partial charge in [-0.15, -0.1) is 0 Å². The Morgan fingerprint density at radius 1 is 1.35 bits per heavy atom. The molecule has 0 bridgehead atoms. The fourth-order valence-corrected chi connectivity index (χ4v) is 1.67. The molecular formula is C13H17ClN2O4. The fourth-order valence-electron chi connectivity index (χ4n) is 1.54. The van der Waals surface area contributed by atoms with E-state index in [-0.39, 0.29) is 12.5 Å². The molecular weight excluding hydrogens is 284 g/mol. The quantitative estimate of drug-likeness (QED) is 0.700. The third kappa shape index (κ3) is 5.56. The maximum atomic E-state index is 12.1. The van der Waals surface area contributed by atoms with Crippen molar-refractivity contribution in [3.63, 3.8) is 0 Å². The van der Waals surface area contributed by atoms with Gasteiger partial charge in [0.2, 0.25) is 5.91 Å². The number of carbonyl (C=O) groups excluding carboxylic acids is 1. The lowest BCUT2D eigenvalue weighted by atomic mass is 10.2. The SMILES string of the molecule is COCCNCC(=O)N(CC(=O)O)c1ccc(Cl)cc1. The number of halogens is 1. The van der Waals surface area contributed by atoms with E-state index in [4.69, 9.17) is 21.4 Å². The van der Waals surface area contributed by atoms with Gasteiger partial charge in [0.15, 0.2) is 0 Å². The first-order chi connectivity index (χ1) is 9.54. The number of hydrogen-bond donors (Lipinski definition) is 2. The number of amides is 1. The van der Waals surface area contributed by atoms with Gasteiger partial charge in [-0.2, -0.15) is 0 Å². The first-order valence-electron chi connectivity index (χ1n) is 6.02. The molecule has 0 radical (unpaired) electrons. The fraction of sp³-hybridized carbons (Fsp3) is 0.385. The number of nitrogens with one attached hydrogen (secondary N) is 1. The van der Waals surface area contributed by atoms with E-state index in [2.05, 4.69) is 5.32 Å². The predicted molar refractivity (Wildman–Crippen MR) is 76.2 cm³/mol. The number of anilines is 1. The number of benzene rings is 1. The van der Waals surface area contributed by atoms with Crippen LogP contribution in [0.15, 0.2) is 24.3 Å². The van der Waals surface area contributed by atoms with Crippen LogP contribution in [0.2, 0.25) is 5.02 Å². The van der Waals surface area contributed by atoms with Crippen LogP contribution in [0.4, 0.5) is 5.69 Å². The Morgan fingerprint density at radius 2 is 2.00 bits per heavy atom. The van der Waals surface area contributed by atoms with E-state index < -0.39 is 12.5 Å². The largest absolute Gasteiger partial charge is 0.480 e. The van der Waals surface area contributed by atoms with Gasteiger partial charge in [0.1, 0.15) is 6.54 Å². The highest BCUT2D eigenvalue weighted by molar-refractivity contribution is 6.30. The van der Waals surface area contributed by atoms with Crippen LogP contribution in [0.3, 0.4) is 0 Å². The molecule has 0 aliphatic heterocycles. The van der Waals surface area contributed by atoms with Crippen molar-refractivity contribution in [3.05, 3.63) is 29.3 Å². The van der Waals surface area contributed by atoms with Gasteiger partial charge >= 0.3 is 5.97 Å². The first-order valence-corrected chi connectivity index (χ1v) is 6.39. The molecule has 0 saturated carbocycles. The molecule has 1 rings (SSSR count). The van der Waals surface area contributed by atoms with E-state index in [0.717, 1.165) is 0 Å². The van der Waals surface area contributed by atoms with Crippen LogP contribution in [0, 0.1) is 0 Å². The number of hydrogen-bond acceptors (Lipinski definition) is 4. The molecule has 0 heterocycles. The summed E-state index contributed by atoms with van der Waals surface area (Å²) >= 11 is 5.77. The van der Waals surface area contributed by atoms with Crippen LogP contribution in [0.25, 0.3) is 0 Å². The van der Waals surface area contributed by atoms with Crippen molar-refractivity contribution in [2.24, 2.45) is 0 Å². The molecule has 0 aromatic heterocycles. The number of rotatable bonds is 8. The number of methoxy groups -OCH3 is 1. The number of carbonyl (C=O) groups is 2. The summed E-state index contributed by atoms with van der Waals surface area (Å²) in [4.78, 5) is 24.1. The highest BCUT2D eigenvalue weighted by Crippen LogP contribution is 2.17. The average molecular weight is 301 g/mol.